The Hall–Kier alpha value is -0.890. The molecule has 0 aliphatic heterocycles. The summed E-state index contributed by atoms with van der Waals surface area (Å²) in [5.41, 5.74) is 2.61. The Kier molecular flexibility index (Phi) is 4.08. The van der Waals surface area contributed by atoms with Crippen LogP contribution in [0.3, 0.4) is 0 Å². The van der Waals surface area contributed by atoms with Gasteiger partial charge in [0.2, 0.25) is 0 Å². The number of thioether (sulfide) groups is 1. The van der Waals surface area contributed by atoms with Gasteiger partial charge in [0.15, 0.2) is 0 Å². The summed E-state index contributed by atoms with van der Waals surface area (Å²) in [6.07, 6.45) is 2.10. The minimum atomic E-state index is 0.906. The molecule has 1 rings (SSSR count). The fourth-order valence-electron chi connectivity index (χ4n) is 1.35. The van der Waals surface area contributed by atoms with Gasteiger partial charge in [0.1, 0.15) is 5.75 Å². The molecule has 2 heteroatoms. The second-order valence-corrected chi connectivity index (χ2v) is 4.08. The predicted octanol–water partition coefficient (Wildman–Crippen LogP) is 3.81. The maximum absolute atomic E-state index is 5.12. The van der Waals surface area contributed by atoms with Crippen molar-refractivity contribution in [3.63, 3.8) is 0 Å². The van der Waals surface area contributed by atoms with Crippen molar-refractivity contribution in [2.45, 2.75) is 13.8 Å². The number of hydrogen-bond donors (Lipinski definition) is 0. The van der Waals surface area contributed by atoms with E-state index in [4.69, 9.17) is 4.74 Å². The van der Waals surface area contributed by atoms with Gasteiger partial charge in [0.25, 0.3) is 0 Å². The van der Waals surface area contributed by atoms with Crippen molar-refractivity contribution < 1.29 is 4.74 Å². The van der Waals surface area contributed by atoms with Crippen molar-refractivity contribution in [1.29, 1.82) is 0 Å². The van der Waals surface area contributed by atoms with E-state index < -0.39 is 0 Å². The number of ether oxygens (including phenoxy) is 1. The summed E-state index contributed by atoms with van der Waals surface area (Å²) in [7, 11) is 1.69. The van der Waals surface area contributed by atoms with Crippen LogP contribution in [-0.2, 0) is 0 Å². The van der Waals surface area contributed by atoms with Gasteiger partial charge in [0.05, 0.1) is 7.11 Å². The third-order valence-electron chi connectivity index (χ3n) is 2.01. The van der Waals surface area contributed by atoms with Crippen LogP contribution in [0.1, 0.15) is 19.4 Å². The van der Waals surface area contributed by atoms with Gasteiger partial charge in [-0.2, -0.15) is 0 Å². The summed E-state index contributed by atoms with van der Waals surface area (Å²) in [6.45, 7) is 4.27. The fraction of sp³-hybridized carbons (Fsp3) is 0.333. The van der Waals surface area contributed by atoms with Crippen molar-refractivity contribution in [3.8, 4) is 5.75 Å². The SMILES string of the molecule is COc1ccc(C(SC)=C(C)C)cc1. The molecule has 0 aromatic heterocycles. The first kappa shape index (κ1) is 11.2. The van der Waals surface area contributed by atoms with Crippen LogP contribution in [0.2, 0.25) is 0 Å². The molecule has 0 aliphatic rings. The molecule has 0 bridgehead atoms. The Morgan fingerprint density at radius 2 is 1.71 bits per heavy atom. The minimum absolute atomic E-state index is 0.906. The normalized spacial score (nSPS) is 9.71. The molecule has 0 radical (unpaired) electrons. The van der Waals surface area contributed by atoms with E-state index in [1.54, 1.807) is 18.9 Å². The maximum Gasteiger partial charge on any atom is 0.118 e. The summed E-state index contributed by atoms with van der Waals surface area (Å²) >= 11 is 1.78. The number of methoxy groups -OCH3 is 1. The van der Waals surface area contributed by atoms with Crippen molar-refractivity contribution in [1.82, 2.24) is 0 Å². The Morgan fingerprint density at radius 1 is 1.14 bits per heavy atom. The zero-order valence-corrected chi connectivity index (χ0v) is 9.94. The molecule has 1 aromatic rings. The molecule has 0 N–H and O–H groups in total. The zero-order valence-electron chi connectivity index (χ0n) is 9.13. The Labute approximate surface area is 90.2 Å². The lowest BCUT2D eigenvalue weighted by molar-refractivity contribution is 0.415. The monoisotopic (exact) mass is 208 g/mol. The second-order valence-electron chi connectivity index (χ2n) is 3.26. The van der Waals surface area contributed by atoms with E-state index in [2.05, 4.69) is 32.2 Å². The number of rotatable bonds is 3. The highest BCUT2D eigenvalue weighted by Crippen LogP contribution is 2.29. The van der Waals surface area contributed by atoms with E-state index in [0.29, 0.717) is 0 Å². The standard InChI is InChI=1S/C12H16OS/c1-9(2)12(14-4)10-5-7-11(13-3)8-6-10/h5-8H,1-4H3. The molecule has 0 amide bonds. The molecule has 0 atom stereocenters. The van der Waals surface area contributed by atoms with E-state index in [1.165, 1.54) is 16.0 Å². The molecule has 0 saturated heterocycles. The highest BCUT2D eigenvalue weighted by molar-refractivity contribution is 8.07. The third kappa shape index (κ3) is 2.55. The van der Waals surface area contributed by atoms with Gasteiger partial charge in [-0.05, 0) is 37.8 Å². The van der Waals surface area contributed by atoms with Gasteiger partial charge in [-0.25, -0.2) is 0 Å². The molecule has 1 aromatic carbocycles. The summed E-state index contributed by atoms with van der Waals surface area (Å²) in [5.74, 6) is 0.906. The Morgan fingerprint density at radius 3 is 2.07 bits per heavy atom. The van der Waals surface area contributed by atoms with Crippen LogP contribution in [0.25, 0.3) is 4.91 Å². The predicted molar refractivity (Wildman–Crippen MR) is 64.8 cm³/mol. The molecular formula is C12H16OS. The Bertz CT molecular complexity index is 321. The van der Waals surface area contributed by atoms with Crippen LogP contribution in [0.4, 0.5) is 0 Å². The summed E-state index contributed by atoms with van der Waals surface area (Å²) < 4.78 is 5.12. The number of allylic oxidation sites excluding steroid dienone is 1. The Balaban J connectivity index is 3.02. The van der Waals surface area contributed by atoms with Crippen LogP contribution < -0.4 is 4.74 Å². The average molecular weight is 208 g/mol. The zero-order chi connectivity index (χ0) is 10.6. The summed E-state index contributed by atoms with van der Waals surface area (Å²) in [5, 5.41) is 0. The lowest BCUT2D eigenvalue weighted by atomic mass is 10.1. The van der Waals surface area contributed by atoms with Gasteiger partial charge in [-0.1, -0.05) is 17.7 Å². The highest BCUT2D eigenvalue weighted by atomic mass is 32.2. The first-order valence-electron chi connectivity index (χ1n) is 4.55. The van der Waals surface area contributed by atoms with Crippen LogP contribution in [0.15, 0.2) is 29.8 Å². The van der Waals surface area contributed by atoms with E-state index in [-0.39, 0.29) is 0 Å². The molecule has 0 saturated carbocycles. The van der Waals surface area contributed by atoms with Crippen LogP contribution >= 0.6 is 11.8 Å². The van der Waals surface area contributed by atoms with Crippen molar-refractivity contribution in [2.24, 2.45) is 0 Å². The fourth-order valence-corrected chi connectivity index (χ4v) is 2.13. The molecule has 76 valence electrons. The van der Waals surface area contributed by atoms with E-state index in [1.807, 2.05) is 12.1 Å². The van der Waals surface area contributed by atoms with Crippen LogP contribution in [0, 0.1) is 0 Å². The average Bonchev–Trinajstić information content (AvgIpc) is 2.19. The quantitative estimate of drug-likeness (QED) is 0.747. The molecule has 0 aliphatic carbocycles. The molecule has 0 fully saturated rings. The highest BCUT2D eigenvalue weighted by Gasteiger charge is 2.01. The molecule has 0 unspecified atom stereocenters. The topological polar surface area (TPSA) is 9.23 Å². The smallest absolute Gasteiger partial charge is 0.118 e. The van der Waals surface area contributed by atoms with Gasteiger partial charge in [-0.3, -0.25) is 0 Å². The van der Waals surface area contributed by atoms with Crippen LogP contribution in [-0.4, -0.2) is 13.4 Å². The largest absolute Gasteiger partial charge is 0.497 e. The lowest BCUT2D eigenvalue weighted by Crippen LogP contribution is -1.85. The maximum atomic E-state index is 5.12. The van der Waals surface area contributed by atoms with Crippen LogP contribution in [0.5, 0.6) is 5.75 Å². The van der Waals surface area contributed by atoms with Gasteiger partial charge in [0, 0.05) is 4.91 Å². The van der Waals surface area contributed by atoms with Crippen molar-refractivity contribution in [2.75, 3.05) is 13.4 Å². The number of hydrogen-bond acceptors (Lipinski definition) is 2. The third-order valence-corrected chi connectivity index (χ3v) is 3.06. The lowest BCUT2D eigenvalue weighted by Gasteiger charge is -2.07. The van der Waals surface area contributed by atoms with Crippen molar-refractivity contribution >= 4 is 16.7 Å². The van der Waals surface area contributed by atoms with E-state index >= 15 is 0 Å². The second kappa shape index (κ2) is 5.11. The van der Waals surface area contributed by atoms with E-state index in [0.717, 1.165) is 5.75 Å². The van der Waals surface area contributed by atoms with Gasteiger partial charge >= 0.3 is 0 Å². The van der Waals surface area contributed by atoms with E-state index in [9.17, 15) is 0 Å². The minimum Gasteiger partial charge on any atom is -0.497 e. The summed E-state index contributed by atoms with van der Waals surface area (Å²) in [6, 6.07) is 8.18. The van der Waals surface area contributed by atoms with Gasteiger partial charge < -0.3 is 4.74 Å². The first-order valence-corrected chi connectivity index (χ1v) is 5.77. The molecule has 1 nitrogen and oxygen atoms in total. The van der Waals surface area contributed by atoms with Gasteiger partial charge in [-0.15, -0.1) is 11.8 Å². The molecule has 14 heavy (non-hydrogen) atoms. The molecular weight excluding hydrogens is 192 g/mol. The molecule has 0 heterocycles. The first-order chi connectivity index (χ1) is 6.69. The van der Waals surface area contributed by atoms with Crippen molar-refractivity contribution in [3.05, 3.63) is 35.4 Å². The number of benzene rings is 1. The molecule has 0 spiro atoms. The summed E-state index contributed by atoms with van der Waals surface area (Å²) in [4.78, 5) is 1.34.